The Morgan fingerprint density at radius 2 is 1.70 bits per heavy atom. The first-order chi connectivity index (χ1) is 4.80. The molecule has 56 valence electrons. The highest BCUT2D eigenvalue weighted by atomic mass is 16.3. The van der Waals surface area contributed by atoms with E-state index in [2.05, 4.69) is 0 Å². The van der Waals surface area contributed by atoms with Crippen LogP contribution in [-0.2, 0) is 0 Å². The zero-order valence-electron chi connectivity index (χ0n) is 5.78. The van der Waals surface area contributed by atoms with Gasteiger partial charge in [0.2, 0.25) is 0 Å². The molecular formula is C7H11NO2. The molecular weight excluding hydrogens is 130 g/mol. The third kappa shape index (κ3) is 2.37. The molecule has 0 radical (unpaired) electrons. The van der Waals surface area contributed by atoms with Crippen molar-refractivity contribution >= 4 is 5.69 Å². The Balaban J connectivity index is 0.000000371. The van der Waals surface area contributed by atoms with Gasteiger partial charge in [0.15, 0.2) is 0 Å². The minimum absolute atomic E-state index is 0.146. The van der Waals surface area contributed by atoms with E-state index in [0.717, 1.165) is 7.11 Å². The Morgan fingerprint density at radius 3 is 2.00 bits per heavy atom. The molecule has 0 aliphatic carbocycles. The van der Waals surface area contributed by atoms with E-state index in [1.807, 2.05) is 0 Å². The summed E-state index contributed by atoms with van der Waals surface area (Å²) in [5.74, 6) is 0.146. The summed E-state index contributed by atoms with van der Waals surface area (Å²) in [7, 11) is 1.00. The lowest BCUT2D eigenvalue weighted by atomic mass is 10.3. The molecule has 0 aromatic heterocycles. The van der Waals surface area contributed by atoms with Crippen molar-refractivity contribution in [2.75, 3.05) is 12.8 Å². The molecule has 0 fully saturated rings. The molecule has 0 aliphatic rings. The van der Waals surface area contributed by atoms with Crippen molar-refractivity contribution in [3.8, 4) is 5.75 Å². The molecule has 1 aromatic carbocycles. The van der Waals surface area contributed by atoms with Gasteiger partial charge in [-0.3, -0.25) is 0 Å². The third-order valence-electron chi connectivity index (χ3n) is 0.937. The van der Waals surface area contributed by atoms with E-state index in [1.165, 1.54) is 0 Å². The maximum atomic E-state index is 8.79. The number of nitrogen functional groups attached to an aromatic ring is 1. The number of para-hydroxylation sites is 2. The average Bonchev–Trinajstić information content (AvgIpc) is 2.00. The molecule has 0 spiro atoms. The molecule has 0 heterocycles. The molecule has 1 aromatic rings. The fraction of sp³-hybridized carbons (Fsp3) is 0.143. The van der Waals surface area contributed by atoms with Gasteiger partial charge in [0, 0.05) is 7.11 Å². The van der Waals surface area contributed by atoms with Gasteiger partial charge < -0.3 is 15.9 Å². The predicted octanol–water partition coefficient (Wildman–Crippen LogP) is 0.583. The zero-order valence-corrected chi connectivity index (χ0v) is 5.78. The van der Waals surface area contributed by atoms with Gasteiger partial charge >= 0.3 is 0 Å². The number of aliphatic hydroxyl groups is 1. The summed E-state index contributed by atoms with van der Waals surface area (Å²) < 4.78 is 0. The van der Waals surface area contributed by atoms with Crippen LogP contribution in [0.15, 0.2) is 24.3 Å². The molecule has 4 N–H and O–H groups in total. The number of hydrogen-bond donors (Lipinski definition) is 3. The Kier molecular flexibility index (Phi) is 4.07. The van der Waals surface area contributed by atoms with Crippen LogP contribution in [0.4, 0.5) is 5.69 Å². The van der Waals surface area contributed by atoms with Gasteiger partial charge in [-0.2, -0.15) is 0 Å². The lowest BCUT2D eigenvalue weighted by molar-refractivity contribution is 0.399. The quantitative estimate of drug-likeness (QED) is 0.366. The van der Waals surface area contributed by atoms with Gasteiger partial charge in [0.05, 0.1) is 5.69 Å². The normalized spacial score (nSPS) is 7.80. The fourth-order valence-electron chi connectivity index (χ4n) is 0.488. The van der Waals surface area contributed by atoms with Crippen LogP contribution in [0.1, 0.15) is 0 Å². The molecule has 0 saturated carbocycles. The van der Waals surface area contributed by atoms with Gasteiger partial charge in [0.25, 0.3) is 0 Å². The Labute approximate surface area is 59.7 Å². The highest BCUT2D eigenvalue weighted by Gasteiger charge is 1.87. The van der Waals surface area contributed by atoms with E-state index in [0.29, 0.717) is 5.69 Å². The van der Waals surface area contributed by atoms with E-state index in [1.54, 1.807) is 24.3 Å². The van der Waals surface area contributed by atoms with Crippen LogP contribution in [0, 0.1) is 0 Å². The summed E-state index contributed by atoms with van der Waals surface area (Å²) in [5.41, 5.74) is 5.69. The summed E-state index contributed by atoms with van der Waals surface area (Å²) in [4.78, 5) is 0. The Bertz CT molecular complexity index is 168. The monoisotopic (exact) mass is 141 g/mol. The predicted molar refractivity (Wildman–Crippen MR) is 40.7 cm³/mol. The standard InChI is InChI=1S/C6H7NO.CH4O/c7-5-3-1-2-4-6(5)8;1-2/h1-4,8H,7H2;2H,1H3. The number of rotatable bonds is 0. The maximum Gasteiger partial charge on any atom is 0.138 e. The number of phenols is 1. The fourth-order valence-corrected chi connectivity index (χ4v) is 0.488. The van der Waals surface area contributed by atoms with Crippen LogP contribution in [-0.4, -0.2) is 17.3 Å². The molecule has 0 unspecified atom stereocenters. The van der Waals surface area contributed by atoms with Crippen LogP contribution < -0.4 is 5.73 Å². The molecule has 0 atom stereocenters. The van der Waals surface area contributed by atoms with Gasteiger partial charge in [-0.25, -0.2) is 0 Å². The first kappa shape index (κ1) is 8.78. The number of phenolic OH excluding ortho intramolecular Hbond substituents is 1. The van der Waals surface area contributed by atoms with Crippen LogP contribution in [0.5, 0.6) is 5.75 Å². The highest BCUT2D eigenvalue weighted by molar-refractivity contribution is 5.50. The first-order valence-electron chi connectivity index (χ1n) is 2.79. The van der Waals surface area contributed by atoms with Crippen molar-refractivity contribution in [1.29, 1.82) is 0 Å². The van der Waals surface area contributed by atoms with Crippen molar-refractivity contribution in [2.45, 2.75) is 0 Å². The Hall–Kier alpha value is -1.22. The minimum Gasteiger partial charge on any atom is -0.506 e. The number of benzene rings is 1. The van der Waals surface area contributed by atoms with E-state index in [9.17, 15) is 0 Å². The Morgan fingerprint density at radius 1 is 1.20 bits per heavy atom. The summed E-state index contributed by atoms with van der Waals surface area (Å²) >= 11 is 0. The van der Waals surface area contributed by atoms with Crippen molar-refractivity contribution in [3.05, 3.63) is 24.3 Å². The second-order valence-electron chi connectivity index (χ2n) is 1.56. The third-order valence-corrected chi connectivity index (χ3v) is 0.937. The SMILES string of the molecule is CO.Nc1ccccc1O. The van der Waals surface area contributed by atoms with Gasteiger partial charge in [0.1, 0.15) is 5.75 Å². The van der Waals surface area contributed by atoms with Gasteiger partial charge in [-0.05, 0) is 12.1 Å². The number of aliphatic hydroxyl groups excluding tert-OH is 1. The van der Waals surface area contributed by atoms with Crippen LogP contribution in [0.3, 0.4) is 0 Å². The van der Waals surface area contributed by atoms with Crippen molar-refractivity contribution in [3.63, 3.8) is 0 Å². The second kappa shape index (κ2) is 4.64. The van der Waals surface area contributed by atoms with Crippen LogP contribution >= 0.6 is 0 Å². The van der Waals surface area contributed by atoms with E-state index in [4.69, 9.17) is 15.9 Å². The summed E-state index contributed by atoms with van der Waals surface area (Å²) in [6.45, 7) is 0. The summed E-state index contributed by atoms with van der Waals surface area (Å²) in [6.07, 6.45) is 0. The van der Waals surface area contributed by atoms with Crippen molar-refractivity contribution < 1.29 is 10.2 Å². The van der Waals surface area contributed by atoms with Gasteiger partial charge in [-0.1, -0.05) is 12.1 Å². The molecule has 3 heteroatoms. The zero-order chi connectivity index (χ0) is 7.98. The number of aromatic hydroxyl groups is 1. The smallest absolute Gasteiger partial charge is 0.138 e. The number of anilines is 1. The molecule has 0 bridgehead atoms. The summed E-state index contributed by atoms with van der Waals surface area (Å²) in [6, 6.07) is 6.70. The van der Waals surface area contributed by atoms with Gasteiger partial charge in [-0.15, -0.1) is 0 Å². The molecule has 0 amide bonds. The maximum absolute atomic E-state index is 8.79. The first-order valence-corrected chi connectivity index (χ1v) is 2.79. The average molecular weight is 141 g/mol. The number of nitrogens with two attached hydrogens (primary N) is 1. The van der Waals surface area contributed by atoms with Crippen LogP contribution in [0.25, 0.3) is 0 Å². The van der Waals surface area contributed by atoms with E-state index >= 15 is 0 Å². The van der Waals surface area contributed by atoms with E-state index in [-0.39, 0.29) is 5.75 Å². The molecule has 0 saturated heterocycles. The van der Waals surface area contributed by atoms with Crippen molar-refractivity contribution in [1.82, 2.24) is 0 Å². The topological polar surface area (TPSA) is 66.5 Å². The molecule has 3 nitrogen and oxygen atoms in total. The second-order valence-corrected chi connectivity index (χ2v) is 1.56. The molecule has 10 heavy (non-hydrogen) atoms. The van der Waals surface area contributed by atoms with E-state index < -0.39 is 0 Å². The number of hydrogen-bond acceptors (Lipinski definition) is 3. The molecule has 0 aliphatic heterocycles. The highest BCUT2D eigenvalue weighted by Crippen LogP contribution is 2.16. The largest absolute Gasteiger partial charge is 0.506 e. The van der Waals surface area contributed by atoms with Crippen molar-refractivity contribution in [2.24, 2.45) is 0 Å². The van der Waals surface area contributed by atoms with Crippen LogP contribution in [0.2, 0.25) is 0 Å². The molecule has 1 rings (SSSR count). The summed E-state index contributed by atoms with van der Waals surface area (Å²) in [5, 5.41) is 15.8. The lowest BCUT2D eigenvalue weighted by Gasteiger charge is -1.92. The minimum atomic E-state index is 0.146. The lowest BCUT2D eigenvalue weighted by Crippen LogP contribution is -1.82.